The van der Waals surface area contributed by atoms with E-state index < -0.39 is 0 Å². The Hall–Kier alpha value is 0.100. The van der Waals surface area contributed by atoms with E-state index in [-0.39, 0.29) is 6.10 Å². The maximum absolute atomic E-state index is 9.60. The second-order valence-electron chi connectivity index (χ2n) is 3.41. The first-order valence-corrected chi connectivity index (χ1v) is 6.05. The zero-order chi connectivity index (χ0) is 9.26. The van der Waals surface area contributed by atoms with Gasteiger partial charge in [0.05, 0.1) is 9.89 Å². The average Bonchev–Trinajstić information content (AvgIpc) is 2.65. The van der Waals surface area contributed by atoms with Crippen LogP contribution in [0.15, 0.2) is 15.2 Å². The van der Waals surface area contributed by atoms with Crippen LogP contribution in [-0.2, 0) is 6.42 Å². The molecule has 0 radical (unpaired) electrons. The topological polar surface area (TPSA) is 32.3 Å². The van der Waals surface area contributed by atoms with Crippen LogP contribution in [0.25, 0.3) is 0 Å². The van der Waals surface area contributed by atoms with E-state index in [1.54, 1.807) is 11.3 Å². The molecule has 1 aliphatic heterocycles. The molecule has 0 aromatic carbocycles. The molecule has 2 heterocycles. The summed E-state index contributed by atoms with van der Waals surface area (Å²) in [5.41, 5.74) is 1.32. The van der Waals surface area contributed by atoms with E-state index in [1.165, 1.54) is 9.35 Å². The molecule has 0 bridgehead atoms. The highest BCUT2D eigenvalue weighted by molar-refractivity contribution is 9.11. The summed E-state index contributed by atoms with van der Waals surface area (Å²) in [6.45, 7) is 1.68. The van der Waals surface area contributed by atoms with Gasteiger partial charge in [0.25, 0.3) is 0 Å². The lowest BCUT2D eigenvalue weighted by atomic mass is 9.99. The van der Waals surface area contributed by atoms with Crippen molar-refractivity contribution >= 4 is 27.3 Å². The van der Waals surface area contributed by atoms with E-state index in [2.05, 4.69) is 32.7 Å². The Morgan fingerprint density at radius 1 is 1.62 bits per heavy atom. The standard InChI is InChI=1S/C9H12BrNOS/c10-9-6(1-2-13-9)3-7-4-11-5-8(7)12/h1-2,7-8,11-12H,3-5H2/t7-,8-/m1/s1. The lowest BCUT2D eigenvalue weighted by Gasteiger charge is -2.11. The Morgan fingerprint density at radius 2 is 2.46 bits per heavy atom. The molecule has 1 saturated heterocycles. The summed E-state index contributed by atoms with van der Waals surface area (Å²) in [5, 5.41) is 14.9. The van der Waals surface area contributed by atoms with Crippen LogP contribution in [0, 0.1) is 5.92 Å². The van der Waals surface area contributed by atoms with E-state index >= 15 is 0 Å². The van der Waals surface area contributed by atoms with Gasteiger partial charge in [-0.05, 0) is 39.4 Å². The van der Waals surface area contributed by atoms with Crippen molar-refractivity contribution in [3.8, 4) is 0 Å². The van der Waals surface area contributed by atoms with Gasteiger partial charge in [0.1, 0.15) is 0 Å². The van der Waals surface area contributed by atoms with Crippen molar-refractivity contribution in [2.24, 2.45) is 5.92 Å². The molecule has 1 aromatic rings. The van der Waals surface area contributed by atoms with Crippen LogP contribution in [0.4, 0.5) is 0 Å². The van der Waals surface area contributed by atoms with Gasteiger partial charge >= 0.3 is 0 Å². The fourth-order valence-corrected chi connectivity index (χ4v) is 2.95. The predicted octanol–water partition coefficient (Wildman–Crippen LogP) is 1.63. The van der Waals surface area contributed by atoms with E-state index in [4.69, 9.17) is 0 Å². The Kier molecular flexibility index (Phi) is 3.03. The maximum atomic E-state index is 9.60. The summed E-state index contributed by atoms with van der Waals surface area (Å²) in [7, 11) is 0. The minimum Gasteiger partial charge on any atom is -0.391 e. The Morgan fingerprint density at radius 3 is 3.00 bits per heavy atom. The van der Waals surface area contributed by atoms with Crippen LogP contribution in [0.5, 0.6) is 0 Å². The van der Waals surface area contributed by atoms with Gasteiger partial charge in [-0.3, -0.25) is 0 Å². The van der Waals surface area contributed by atoms with E-state index in [9.17, 15) is 5.11 Å². The van der Waals surface area contributed by atoms with Gasteiger partial charge in [-0.25, -0.2) is 0 Å². The fraction of sp³-hybridized carbons (Fsp3) is 0.556. The molecule has 0 amide bonds. The van der Waals surface area contributed by atoms with Crippen molar-refractivity contribution in [3.63, 3.8) is 0 Å². The molecule has 2 nitrogen and oxygen atoms in total. The van der Waals surface area contributed by atoms with Crippen LogP contribution < -0.4 is 5.32 Å². The van der Waals surface area contributed by atoms with Gasteiger partial charge in [0.15, 0.2) is 0 Å². The first-order valence-electron chi connectivity index (χ1n) is 4.38. The highest BCUT2D eigenvalue weighted by Gasteiger charge is 2.25. The van der Waals surface area contributed by atoms with Crippen molar-refractivity contribution < 1.29 is 5.11 Å². The molecule has 72 valence electrons. The van der Waals surface area contributed by atoms with Gasteiger partial charge in [0.2, 0.25) is 0 Å². The fourth-order valence-electron chi connectivity index (χ4n) is 1.68. The number of thiophene rings is 1. The lowest BCUT2D eigenvalue weighted by Crippen LogP contribution is -2.19. The Balaban J connectivity index is 2.01. The molecule has 2 rings (SSSR count). The normalized spacial score (nSPS) is 28.2. The molecule has 0 spiro atoms. The molecular formula is C9H12BrNOS. The minimum absolute atomic E-state index is 0.174. The molecule has 13 heavy (non-hydrogen) atoms. The van der Waals surface area contributed by atoms with Crippen molar-refractivity contribution in [2.45, 2.75) is 12.5 Å². The summed E-state index contributed by atoms with van der Waals surface area (Å²) in [4.78, 5) is 0. The molecule has 1 fully saturated rings. The summed E-state index contributed by atoms with van der Waals surface area (Å²) in [6.07, 6.45) is 0.796. The largest absolute Gasteiger partial charge is 0.391 e. The predicted molar refractivity (Wildman–Crippen MR) is 58.1 cm³/mol. The highest BCUT2D eigenvalue weighted by atomic mass is 79.9. The van der Waals surface area contributed by atoms with Crippen LogP contribution >= 0.6 is 27.3 Å². The molecule has 0 saturated carbocycles. The number of halogens is 1. The average molecular weight is 262 g/mol. The summed E-state index contributed by atoms with van der Waals surface area (Å²) >= 11 is 5.21. The first-order chi connectivity index (χ1) is 6.27. The molecule has 0 unspecified atom stereocenters. The molecule has 1 aromatic heterocycles. The number of nitrogens with one attached hydrogen (secondary N) is 1. The molecular weight excluding hydrogens is 250 g/mol. The zero-order valence-electron chi connectivity index (χ0n) is 7.16. The number of hydrogen-bond acceptors (Lipinski definition) is 3. The van der Waals surface area contributed by atoms with E-state index in [0.717, 1.165) is 19.5 Å². The van der Waals surface area contributed by atoms with Crippen LogP contribution in [-0.4, -0.2) is 24.3 Å². The summed E-state index contributed by atoms with van der Waals surface area (Å²) in [6, 6.07) is 2.12. The Bertz CT molecular complexity index is 289. The number of aliphatic hydroxyl groups excluding tert-OH is 1. The monoisotopic (exact) mass is 261 g/mol. The third-order valence-corrected chi connectivity index (χ3v) is 4.29. The number of rotatable bonds is 2. The highest BCUT2D eigenvalue weighted by Crippen LogP contribution is 2.27. The number of aliphatic hydroxyl groups is 1. The van der Waals surface area contributed by atoms with Crippen molar-refractivity contribution in [1.82, 2.24) is 5.32 Å². The van der Waals surface area contributed by atoms with E-state index in [0.29, 0.717) is 5.92 Å². The number of hydrogen-bond donors (Lipinski definition) is 2. The van der Waals surface area contributed by atoms with Gasteiger partial charge in [0, 0.05) is 19.0 Å². The van der Waals surface area contributed by atoms with E-state index in [1.807, 2.05) is 0 Å². The summed E-state index contributed by atoms with van der Waals surface area (Å²) in [5.74, 6) is 0.380. The molecule has 4 heteroatoms. The van der Waals surface area contributed by atoms with Crippen LogP contribution in [0.1, 0.15) is 5.56 Å². The van der Waals surface area contributed by atoms with Crippen molar-refractivity contribution in [2.75, 3.05) is 13.1 Å². The molecule has 2 N–H and O–H groups in total. The number of β-amino-alcohol motifs (C(OH)–C–C–N with tert-alkyl or cyclic N) is 1. The van der Waals surface area contributed by atoms with Crippen LogP contribution in [0.2, 0.25) is 0 Å². The maximum Gasteiger partial charge on any atom is 0.0730 e. The quantitative estimate of drug-likeness (QED) is 0.849. The van der Waals surface area contributed by atoms with Gasteiger partial charge in [-0.2, -0.15) is 0 Å². The van der Waals surface area contributed by atoms with Gasteiger partial charge in [-0.15, -0.1) is 11.3 Å². The van der Waals surface area contributed by atoms with Crippen molar-refractivity contribution in [3.05, 3.63) is 20.8 Å². The second kappa shape index (κ2) is 4.09. The molecule has 1 aliphatic rings. The smallest absolute Gasteiger partial charge is 0.0730 e. The first kappa shape index (κ1) is 9.65. The van der Waals surface area contributed by atoms with Gasteiger partial charge < -0.3 is 10.4 Å². The third-order valence-electron chi connectivity index (χ3n) is 2.48. The SMILES string of the molecule is O[C@@H]1CNC[C@H]1Cc1ccsc1Br. The lowest BCUT2D eigenvalue weighted by molar-refractivity contribution is 0.147. The van der Waals surface area contributed by atoms with Crippen LogP contribution in [0.3, 0.4) is 0 Å². The Labute approximate surface area is 90.1 Å². The minimum atomic E-state index is -0.174. The zero-order valence-corrected chi connectivity index (χ0v) is 9.57. The third kappa shape index (κ3) is 2.13. The molecule has 0 aliphatic carbocycles. The summed E-state index contributed by atoms with van der Waals surface area (Å²) < 4.78 is 1.20. The van der Waals surface area contributed by atoms with Crippen molar-refractivity contribution in [1.29, 1.82) is 0 Å². The molecule has 2 atom stereocenters. The van der Waals surface area contributed by atoms with Gasteiger partial charge in [-0.1, -0.05) is 0 Å². The second-order valence-corrected chi connectivity index (χ2v) is 5.64.